The third kappa shape index (κ3) is 2.83. The van der Waals surface area contributed by atoms with E-state index in [9.17, 15) is 24.6 Å². The maximum absolute atomic E-state index is 12.4. The Kier molecular flexibility index (Phi) is 5.15. The SMILES string of the molecule is C[C@]12C=CC(=O)C=C1CCC1C2C(O)C[C@@]2(C)C1CC[C@]2(OC(=O)C(Cl)Cl)C(=O)O. The van der Waals surface area contributed by atoms with Crippen molar-refractivity contribution >= 4 is 40.9 Å². The molecule has 2 N–H and O–H groups in total. The van der Waals surface area contributed by atoms with Crippen LogP contribution >= 0.6 is 23.2 Å². The van der Waals surface area contributed by atoms with Crippen molar-refractivity contribution in [3.63, 3.8) is 0 Å². The molecule has 0 aliphatic heterocycles. The Morgan fingerprint density at radius 1 is 1.27 bits per heavy atom. The number of esters is 1. The van der Waals surface area contributed by atoms with E-state index in [1.54, 1.807) is 19.1 Å². The summed E-state index contributed by atoms with van der Waals surface area (Å²) in [5.41, 5.74) is -2.15. The molecule has 8 heteroatoms. The van der Waals surface area contributed by atoms with Gasteiger partial charge in [-0.1, -0.05) is 48.7 Å². The van der Waals surface area contributed by atoms with E-state index in [1.165, 1.54) is 0 Å². The van der Waals surface area contributed by atoms with Crippen molar-refractivity contribution in [2.24, 2.45) is 28.6 Å². The number of aliphatic carboxylic acids is 1. The van der Waals surface area contributed by atoms with Gasteiger partial charge in [-0.25, -0.2) is 9.59 Å². The van der Waals surface area contributed by atoms with Gasteiger partial charge in [0.05, 0.1) is 6.10 Å². The molecule has 6 nitrogen and oxygen atoms in total. The third-order valence-electron chi connectivity index (χ3n) is 8.41. The van der Waals surface area contributed by atoms with Crippen LogP contribution in [0.4, 0.5) is 0 Å². The van der Waals surface area contributed by atoms with Gasteiger partial charge in [-0.05, 0) is 56.1 Å². The zero-order valence-electron chi connectivity index (χ0n) is 16.9. The second-order valence-corrected chi connectivity index (χ2v) is 10.7. The Bertz CT molecular complexity index is 866. The molecular formula is C22H26Cl2O6. The van der Waals surface area contributed by atoms with Gasteiger partial charge in [0.15, 0.2) is 5.78 Å². The number of halogens is 2. The smallest absolute Gasteiger partial charge is 0.348 e. The number of aliphatic hydroxyl groups is 1. The minimum absolute atomic E-state index is 0.0366. The van der Waals surface area contributed by atoms with Crippen LogP contribution in [0.15, 0.2) is 23.8 Å². The Labute approximate surface area is 185 Å². The number of aliphatic hydroxyl groups excluding tert-OH is 1. The number of allylic oxidation sites excluding steroid dienone is 4. The highest BCUT2D eigenvalue weighted by Crippen LogP contribution is 2.67. The summed E-state index contributed by atoms with van der Waals surface area (Å²) in [6.07, 6.45) is 6.70. The summed E-state index contributed by atoms with van der Waals surface area (Å²) in [6, 6.07) is 0. The van der Waals surface area contributed by atoms with Gasteiger partial charge < -0.3 is 14.9 Å². The Hall–Kier alpha value is -1.37. The highest BCUT2D eigenvalue weighted by molar-refractivity contribution is 6.53. The highest BCUT2D eigenvalue weighted by Gasteiger charge is 2.71. The molecule has 0 saturated heterocycles. The molecule has 0 heterocycles. The standard InChI is InChI=1S/C22H26Cl2O6/c1-20-7-5-12(25)9-11(20)3-4-13-14-6-8-22(19(28)29,30-18(27)17(23)24)21(14,2)10-15(26)16(13)20/h5,7,9,13-17,26H,3-4,6,8,10H2,1-2H3,(H,28,29)/t13?,14?,15?,16?,20-,21-,22-/m0/s1. The first-order valence-electron chi connectivity index (χ1n) is 10.3. The van der Waals surface area contributed by atoms with E-state index in [2.05, 4.69) is 6.92 Å². The van der Waals surface area contributed by atoms with Crippen LogP contribution in [-0.2, 0) is 19.1 Å². The first kappa shape index (κ1) is 21.8. The van der Waals surface area contributed by atoms with Crippen molar-refractivity contribution in [2.75, 3.05) is 0 Å². The van der Waals surface area contributed by atoms with Gasteiger partial charge in [0.1, 0.15) is 0 Å². The van der Waals surface area contributed by atoms with Crippen molar-refractivity contribution in [2.45, 2.75) is 62.5 Å². The van der Waals surface area contributed by atoms with Crippen LogP contribution in [0.25, 0.3) is 0 Å². The van der Waals surface area contributed by atoms with Crippen LogP contribution in [0, 0.1) is 28.6 Å². The molecular weight excluding hydrogens is 431 g/mol. The van der Waals surface area contributed by atoms with Crippen LogP contribution in [0.2, 0.25) is 0 Å². The molecule has 0 aromatic heterocycles. The molecule has 0 radical (unpaired) electrons. The molecule has 0 aromatic rings. The van der Waals surface area contributed by atoms with E-state index in [4.69, 9.17) is 27.9 Å². The topological polar surface area (TPSA) is 101 Å². The van der Waals surface area contributed by atoms with Crippen LogP contribution in [-0.4, -0.2) is 44.5 Å². The number of alkyl halides is 2. The first-order chi connectivity index (χ1) is 14.0. The lowest BCUT2D eigenvalue weighted by atomic mass is 9.46. The fourth-order valence-corrected chi connectivity index (χ4v) is 7.18. The lowest BCUT2D eigenvalue weighted by Crippen LogP contribution is -2.62. The van der Waals surface area contributed by atoms with Crippen LogP contribution in [0.5, 0.6) is 0 Å². The fourth-order valence-electron chi connectivity index (χ4n) is 7.09. The molecule has 3 saturated carbocycles. The average molecular weight is 457 g/mol. The quantitative estimate of drug-likeness (QED) is 0.498. The average Bonchev–Trinajstić information content (AvgIpc) is 2.94. The van der Waals surface area contributed by atoms with Gasteiger partial charge in [-0.3, -0.25) is 4.79 Å². The van der Waals surface area contributed by atoms with Crippen molar-refractivity contribution in [1.29, 1.82) is 0 Å². The van der Waals surface area contributed by atoms with E-state index in [0.29, 0.717) is 6.42 Å². The number of ether oxygens (including phenoxy) is 1. The number of hydrogen-bond acceptors (Lipinski definition) is 5. The van der Waals surface area contributed by atoms with Crippen molar-refractivity contribution in [3.05, 3.63) is 23.8 Å². The molecule has 0 spiro atoms. The molecule has 7 atom stereocenters. The van der Waals surface area contributed by atoms with Crippen molar-refractivity contribution in [1.82, 2.24) is 0 Å². The highest BCUT2D eigenvalue weighted by atomic mass is 35.5. The van der Waals surface area contributed by atoms with E-state index >= 15 is 0 Å². The first-order valence-corrected chi connectivity index (χ1v) is 11.2. The summed E-state index contributed by atoms with van der Waals surface area (Å²) in [5, 5.41) is 21.5. The van der Waals surface area contributed by atoms with Gasteiger partial charge in [-0.15, -0.1) is 0 Å². The Morgan fingerprint density at radius 2 is 1.97 bits per heavy atom. The molecule has 4 aliphatic carbocycles. The third-order valence-corrected chi connectivity index (χ3v) is 8.77. The molecule has 4 rings (SSSR count). The van der Waals surface area contributed by atoms with Crippen LogP contribution in [0.3, 0.4) is 0 Å². The summed E-state index contributed by atoms with van der Waals surface area (Å²) in [7, 11) is 0. The van der Waals surface area contributed by atoms with E-state index in [0.717, 1.165) is 18.4 Å². The monoisotopic (exact) mass is 456 g/mol. The predicted octanol–water partition coefficient (Wildman–Crippen LogP) is 3.44. The van der Waals surface area contributed by atoms with Gasteiger partial charge in [0.25, 0.3) is 0 Å². The number of carboxylic acids is 1. The van der Waals surface area contributed by atoms with E-state index < -0.39 is 39.3 Å². The summed E-state index contributed by atoms with van der Waals surface area (Å²) >= 11 is 11.3. The number of hydrogen-bond donors (Lipinski definition) is 2. The lowest BCUT2D eigenvalue weighted by molar-refractivity contribution is -0.208. The molecule has 0 aromatic carbocycles. The van der Waals surface area contributed by atoms with E-state index in [1.807, 2.05) is 6.08 Å². The molecule has 0 bridgehead atoms. The number of ketones is 1. The minimum Gasteiger partial charge on any atom is -0.478 e. The van der Waals surface area contributed by atoms with Crippen LogP contribution in [0.1, 0.15) is 46.0 Å². The molecule has 0 amide bonds. The maximum Gasteiger partial charge on any atom is 0.348 e. The Balaban J connectivity index is 1.74. The summed E-state index contributed by atoms with van der Waals surface area (Å²) in [5.74, 6) is -2.38. The molecule has 4 unspecified atom stereocenters. The number of carboxylic acid groups (broad SMARTS) is 1. The van der Waals surface area contributed by atoms with Gasteiger partial charge in [0.2, 0.25) is 10.4 Å². The van der Waals surface area contributed by atoms with E-state index in [-0.39, 0.29) is 36.4 Å². The second-order valence-electron chi connectivity index (χ2n) is 9.60. The largest absolute Gasteiger partial charge is 0.478 e. The zero-order chi connectivity index (χ0) is 22.1. The van der Waals surface area contributed by atoms with Crippen molar-refractivity contribution in [3.8, 4) is 0 Å². The van der Waals surface area contributed by atoms with Crippen LogP contribution < -0.4 is 0 Å². The molecule has 164 valence electrons. The Morgan fingerprint density at radius 3 is 2.60 bits per heavy atom. The molecule has 3 fully saturated rings. The predicted molar refractivity (Wildman–Crippen MR) is 110 cm³/mol. The zero-order valence-corrected chi connectivity index (χ0v) is 18.4. The number of fused-ring (bicyclic) bond motifs is 5. The minimum atomic E-state index is -1.78. The number of carbonyl (C=O) groups is 3. The number of rotatable bonds is 3. The van der Waals surface area contributed by atoms with Gasteiger partial charge in [-0.2, -0.15) is 0 Å². The van der Waals surface area contributed by atoms with Crippen molar-refractivity contribution < 1.29 is 29.3 Å². The lowest BCUT2D eigenvalue weighted by Gasteiger charge is -2.59. The normalized spacial score (nSPS) is 44.7. The molecule has 30 heavy (non-hydrogen) atoms. The fraction of sp³-hybridized carbons (Fsp3) is 0.682. The van der Waals surface area contributed by atoms with Gasteiger partial charge in [0, 0.05) is 16.7 Å². The second kappa shape index (κ2) is 7.07. The number of carbonyl (C=O) groups excluding carboxylic acids is 2. The summed E-state index contributed by atoms with van der Waals surface area (Å²) in [6.45, 7) is 3.85. The summed E-state index contributed by atoms with van der Waals surface area (Å²) < 4.78 is 5.48. The molecule has 4 aliphatic rings. The maximum atomic E-state index is 12.4. The summed E-state index contributed by atoms with van der Waals surface area (Å²) in [4.78, 5) is 35.0. The van der Waals surface area contributed by atoms with Gasteiger partial charge >= 0.3 is 11.9 Å².